The summed E-state index contributed by atoms with van der Waals surface area (Å²) in [7, 11) is 0. The van der Waals surface area contributed by atoms with Crippen LogP contribution in [-0.4, -0.2) is 66.3 Å². The number of carboxylic acids is 1. The maximum absolute atomic E-state index is 15.4. The molecule has 2 aromatic carbocycles. The number of aromatic nitrogens is 2. The summed E-state index contributed by atoms with van der Waals surface area (Å²) in [5, 5.41) is 25.5. The molecule has 3 aromatic rings. The van der Waals surface area contributed by atoms with E-state index in [2.05, 4.69) is 27.1 Å². The van der Waals surface area contributed by atoms with Crippen LogP contribution < -0.4 is 5.32 Å². The van der Waals surface area contributed by atoms with Crippen molar-refractivity contribution in [3.8, 4) is 23.0 Å². The zero-order chi connectivity index (χ0) is 37.1. The molecule has 1 saturated heterocycles. The van der Waals surface area contributed by atoms with Crippen LogP contribution in [-0.2, 0) is 27.1 Å². The number of halogens is 5. The number of carboxylic acid groups (broad SMARTS) is 1. The van der Waals surface area contributed by atoms with Crippen molar-refractivity contribution in [2.24, 2.45) is 0 Å². The van der Waals surface area contributed by atoms with Crippen molar-refractivity contribution in [1.82, 2.24) is 20.0 Å². The molecule has 1 aromatic heterocycles. The zero-order valence-corrected chi connectivity index (χ0v) is 28.2. The molecule has 0 saturated carbocycles. The largest absolute Gasteiger partial charge is 0.509 e. The summed E-state index contributed by atoms with van der Waals surface area (Å²) in [6.07, 6.45) is 1.44. The molecule has 10 nitrogen and oxygen atoms in total. The molecule has 0 radical (unpaired) electrons. The average Bonchev–Trinajstić information content (AvgIpc) is 3.49. The van der Waals surface area contributed by atoms with E-state index in [4.69, 9.17) is 5.11 Å². The van der Waals surface area contributed by atoms with Gasteiger partial charge in [0.2, 0.25) is 0 Å². The van der Waals surface area contributed by atoms with Crippen molar-refractivity contribution < 1.29 is 46.5 Å². The minimum absolute atomic E-state index is 0.0284. The molecule has 0 spiro atoms. The molecule has 2 aliphatic heterocycles. The first-order valence-corrected chi connectivity index (χ1v) is 17.0. The van der Waals surface area contributed by atoms with Crippen molar-refractivity contribution in [3.05, 3.63) is 82.4 Å². The SMILES string of the molecule is CSc1ncc(-c2cc(C(F)(F)F)ccc2NC(=O)C2=C(O)C3(C)CCCN3N(Cc3ccc(C#CCCCCC(=O)O)c(F)c3F)C2=O)cn1. The van der Waals surface area contributed by atoms with Gasteiger partial charge in [-0.25, -0.2) is 23.8 Å². The Kier molecular flexibility index (Phi) is 11.0. The van der Waals surface area contributed by atoms with Crippen LogP contribution in [0, 0.1) is 23.5 Å². The van der Waals surface area contributed by atoms with E-state index in [9.17, 15) is 32.7 Å². The Balaban J connectivity index is 1.44. The van der Waals surface area contributed by atoms with E-state index in [0.29, 0.717) is 30.8 Å². The zero-order valence-electron chi connectivity index (χ0n) is 27.4. The van der Waals surface area contributed by atoms with E-state index in [1.807, 2.05) is 0 Å². The van der Waals surface area contributed by atoms with Gasteiger partial charge in [-0.1, -0.05) is 29.7 Å². The topological polar surface area (TPSA) is 136 Å². The third-order valence-corrected chi connectivity index (χ3v) is 9.26. The number of unbranched alkanes of at least 4 members (excludes halogenated alkanes) is 2. The number of nitrogens with one attached hydrogen (secondary N) is 1. The van der Waals surface area contributed by atoms with Gasteiger partial charge in [0.25, 0.3) is 11.8 Å². The number of anilines is 1. The molecular formula is C35H32F5N5O5S. The number of carbonyl (C=O) groups excluding carboxylic acids is 2. The quantitative estimate of drug-likeness (QED) is 0.0519. The maximum atomic E-state index is 15.4. The van der Waals surface area contributed by atoms with Gasteiger partial charge in [0.15, 0.2) is 16.8 Å². The molecule has 0 bridgehead atoms. The number of carbonyl (C=O) groups is 3. The Morgan fingerprint density at radius 2 is 1.82 bits per heavy atom. The lowest BCUT2D eigenvalue weighted by Gasteiger charge is -2.46. The Labute approximate surface area is 293 Å². The number of amides is 2. The third-order valence-electron chi connectivity index (χ3n) is 8.68. The molecule has 2 amide bonds. The van der Waals surface area contributed by atoms with E-state index >= 15 is 8.78 Å². The highest BCUT2D eigenvalue weighted by Crippen LogP contribution is 2.43. The molecule has 5 rings (SSSR count). The summed E-state index contributed by atoms with van der Waals surface area (Å²) >= 11 is 1.21. The van der Waals surface area contributed by atoms with Gasteiger partial charge in [-0.3, -0.25) is 19.4 Å². The van der Waals surface area contributed by atoms with E-state index in [-0.39, 0.29) is 47.3 Å². The number of rotatable bonds is 10. The number of benzene rings is 2. The van der Waals surface area contributed by atoms with Crippen LogP contribution in [0.15, 0.2) is 59.2 Å². The van der Waals surface area contributed by atoms with Gasteiger partial charge in [-0.2, -0.15) is 13.2 Å². The number of fused-ring (bicyclic) bond motifs is 1. The van der Waals surface area contributed by atoms with E-state index < -0.39 is 64.6 Å². The number of hydrogen-bond acceptors (Lipinski definition) is 8. The maximum Gasteiger partial charge on any atom is 0.416 e. The fourth-order valence-corrected chi connectivity index (χ4v) is 6.29. The molecule has 3 N–H and O–H groups in total. The van der Waals surface area contributed by atoms with Gasteiger partial charge in [0.05, 0.1) is 23.2 Å². The van der Waals surface area contributed by atoms with Crippen molar-refractivity contribution in [2.45, 2.75) is 68.9 Å². The fraction of sp³-hybridized carbons (Fsp3) is 0.343. The first-order chi connectivity index (χ1) is 24.1. The molecule has 1 unspecified atom stereocenters. The standard InChI is InChI=1S/C35H32F5N5O5S/c1-34-14-7-15-45(34)44(19-21-11-10-20(28(36)29(21)37)8-5-3-4-6-9-26(46)47)32(50)27(30(34)48)31(49)43-25-13-12-23(35(38,39)40)16-24(25)22-17-41-33(51-2)42-18-22/h10-13,16-18,48H,3-4,6-7,9,14-15,19H2,1-2H3,(H,43,49)(H,46,47). The number of aliphatic hydroxyl groups is 1. The molecule has 16 heteroatoms. The molecule has 1 fully saturated rings. The Bertz CT molecular complexity index is 1960. The summed E-state index contributed by atoms with van der Waals surface area (Å²) in [6.45, 7) is 1.31. The minimum Gasteiger partial charge on any atom is -0.509 e. The summed E-state index contributed by atoms with van der Waals surface area (Å²) in [6, 6.07) is 5.08. The molecule has 1 atom stereocenters. The van der Waals surface area contributed by atoms with Crippen LogP contribution in [0.5, 0.6) is 0 Å². The normalized spacial score (nSPS) is 17.6. The monoisotopic (exact) mass is 729 g/mol. The van der Waals surface area contributed by atoms with Crippen LogP contribution in [0.2, 0.25) is 0 Å². The fourth-order valence-electron chi connectivity index (χ4n) is 5.98. The number of thioether (sulfide) groups is 1. The van der Waals surface area contributed by atoms with Gasteiger partial charge >= 0.3 is 12.1 Å². The molecule has 268 valence electrons. The lowest BCUT2D eigenvalue weighted by atomic mass is 9.90. The van der Waals surface area contributed by atoms with Crippen LogP contribution in [0.25, 0.3) is 11.1 Å². The molecule has 2 aliphatic rings. The van der Waals surface area contributed by atoms with Crippen LogP contribution in [0.4, 0.5) is 27.6 Å². The van der Waals surface area contributed by atoms with E-state index in [1.165, 1.54) is 41.3 Å². The summed E-state index contributed by atoms with van der Waals surface area (Å²) in [4.78, 5) is 46.6. The summed E-state index contributed by atoms with van der Waals surface area (Å²) < 4.78 is 71.5. The van der Waals surface area contributed by atoms with Crippen molar-refractivity contribution >= 4 is 35.2 Å². The molecule has 3 heterocycles. The van der Waals surface area contributed by atoms with Crippen molar-refractivity contribution in [1.29, 1.82) is 0 Å². The third kappa shape index (κ3) is 7.84. The predicted octanol–water partition coefficient (Wildman–Crippen LogP) is 6.72. The minimum atomic E-state index is -4.72. The molecular weight excluding hydrogens is 697 g/mol. The van der Waals surface area contributed by atoms with Crippen molar-refractivity contribution in [2.75, 3.05) is 18.1 Å². The second kappa shape index (κ2) is 15.1. The molecule has 0 aliphatic carbocycles. The Morgan fingerprint density at radius 1 is 1.10 bits per heavy atom. The number of alkyl halides is 3. The van der Waals surface area contributed by atoms with Gasteiger partial charge in [-0.05, 0) is 63.1 Å². The van der Waals surface area contributed by atoms with E-state index in [1.54, 1.807) is 13.2 Å². The summed E-state index contributed by atoms with van der Waals surface area (Å²) in [5.74, 6) is -0.951. The predicted molar refractivity (Wildman–Crippen MR) is 177 cm³/mol. The summed E-state index contributed by atoms with van der Waals surface area (Å²) in [5.41, 5.74) is -3.55. The highest BCUT2D eigenvalue weighted by atomic mass is 32.2. The second-order valence-electron chi connectivity index (χ2n) is 12.1. The van der Waals surface area contributed by atoms with Crippen molar-refractivity contribution in [3.63, 3.8) is 0 Å². The highest BCUT2D eigenvalue weighted by Gasteiger charge is 2.52. The number of aliphatic carboxylic acids is 1. The number of aliphatic hydroxyl groups excluding tert-OH is 1. The second-order valence-corrected chi connectivity index (χ2v) is 12.8. The Morgan fingerprint density at radius 3 is 2.49 bits per heavy atom. The smallest absolute Gasteiger partial charge is 0.416 e. The lowest BCUT2D eigenvalue weighted by molar-refractivity contribution is -0.160. The first kappa shape index (κ1) is 37.3. The number of hydrazine groups is 1. The van der Waals surface area contributed by atoms with Gasteiger partial charge in [0.1, 0.15) is 11.3 Å². The van der Waals surface area contributed by atoms with Crippen LogP contribution in [0.3, 0.4) is 0 Å². The number of nitrogens with zero attached hydrogens (tertiary/aromatic N) is 4. The van der Waals surface area contributed by atoms with Gasteiger partial charge < -0.3 is 15.5 Å². The van der Waals surface area contributed by atoms with Crippen LogP contribution >= 0.6 is 11.8 Å². The van der Waals surface area contributed by atoms with E-state index in [0.717, 1.165) is 23.2 Å². The number of hydrogen-bond donors (Lipinski definition) is 3. The lowest BCUT2D eigenvalue weighted by Crippen LogP contribution is -2.60. The Hall–Kier alpha value is -5.01. The average molecular weight is 730 g/mol. The highest BCUT2D eigenvalue weighted by molar-refractivity contribution is 7.98. The van der Waals surface area contributed by atoms with Gasteiger partial charge in [0, 0.05) is 54.2 Å². The first-order valence-electron chi connectivity index (χ1n) is 15.8. The van der Waals surface area contributed by atoms with Crippen LogP contribution in [0.1, 0.15) is 62.1 Å². The molecule has 51 heavy (non-hydrogen) atoms. The van der Waals surface area contributed by atoms with Gasteiger partial charge in [-0.15, -0.1) is 0 Å².